The number of rotatable bonds is 3. The molecule has 17 heavy (non-hydrogen) atoms. The minimum atomic E-state index is 0.518. The highest BCUT2D eigenvalue weighted by atomic mass is 16.5. The highest BCUT2D eigenvalue weighted by Gasteiger charge is 2.23. The van der Waals surface area contributed by atoms with Crippen molar-refractivity contribution >= 4 is 10.9 Å². The van der Waals surface area contributed by atoms with Gasteiger partial charge in [0.05, 0.1) is 12.1 Å². The fraction of sp³-hybridized carbons (Fsp3) is 0.286. The first-order valence-corrected chi connectivity index (χ1v) is 5.79. The summed E-state index contributed by atoms with van der Waals surface area (Å²) in [4.78, 5) is 4.25. The third-order valence-electron chi connectivity index (χ3n) is 3.01. The van der Waals surface area contributed by atoms with Crippen LogP contribution in [-0.4, -0.2) is 11.6 Å². The largest absolute Gasteiger partial charge is 0.491 e. The number of hydrogen-bond donors (Lipinski definition) is 0. The van der Waals surface area contributed by atoms with Gasteiger partial charge in [-0.1, -0.05) is 12.1 Å². The van der Waals surface area contributed by atoms with Crippen LogP contribution in [0.3, 0.4) is 0 Å². The quantitative estimate of drug-likeness (QED) is 0.805. The van der Waals surface area contributed by atoms with Gasteiger partial charge in [-0.25, -0.2) is 0 Å². The van der Waals surface area contributed by atoms with Crippen LogP contribution in [0, 0.1) is 17.2 Å². The zero-order chi connectivity index (χ0) is 11.7. The van der Waals surface area contributed by atoms with Crippen LogP contribution in [-0.2, 0) is 0 Å². The molecule has 3 rings (SSSR count). The van der Waals surface area contributed by atoms with Crippen LogP contribution in [0.1, 0.15) is 18.4 Å². The van der Waals surface area contributed by atoms with E-state index in [1.165, 1.54) is 12.8 Å². The van der Waals surface area contributed by atoms with Crippen molar-refractivity contribution in [1.82, 2.24) is 4.98 Å². The molecule has 1 aromatic carbocycles. The first-order chi connectivity index (χ1) is 8.38. The van der Waals surface area contributed by atoms with E-state index in [1.54, 1.807) is 6.20 Å². The van der Waals surface area contributed by atoms with Gasteiger partial charge in [-0.2, -0.15) is 5.26 Å². The smallest absolute Gasteiger partial charge is 0.148 e. The van der Waals surface area contributed by atoms with E-state index in [2.05, 4.69) is 11.1 Å². The summed E-state index contributed by atoms with van der Waals surface area (Å²) in [6, 6.07) is 9.90. The molecule has 0 atom stereocenters. The molecule has 3 heteroatoms. The number of aromatic nitrogens is 1. The molecule has 0 N–H and O–H groups in total. The van der Waals surface area contributed by atoms with Gasteiger partial charge in [-0.15, -0.1) is 0 Å². The average Bonchev–Trinajstić information content (AvgIpc) is 3.19. The summed E-state index contributed by atoms with van der Waals surface area (Å²) in [5.74, 6) is 1.36. The number of pyridine rings is 1. The number of fused-ring (bicyclic) bond motifs is 1. The first kappa shape index (κ1) is 10.1. The fourth-order valence-electron chi connectivity index (χ4n) is 1.84. The summed E-state index contributed by atoms with van der Waals surface area (Å²) in [5, 5.41) is 10.0. The van der Waals surface area contributed by atoms with Gasteiger partial charge >= 0.3 is 0 Å². The van der Waals surface area contributed by atoms with E-state index < -0.39 is 0 Å². The lowest BCUT2D eigenvalue weighted by atomic mass is 10.1. The molecule has 0 amide bonds. The van der Waals surface area contributed by atoms with Gasteiger partial charge in [0.15, 0.2) is 0 Å². The highest BCUT2D eigenvalue weighted by molar-refractivity contribution is 5.87. The zero-order valence-electron chi connectivity index (χ0n) is 9.39. The van der Waals surface area contributed by atoms with Crippen LogP contribution >= 0.6 is 0 Å². The Morgan fingerprint density at radius 2 is 2.18 bits per heavy atom. The zero-order valence-corrected chi connectivity index (χ0v) is 9.39. The molecule has 0 spiro atoms. The summed E-state index contributed by atoms with van der Waals surface area (Å²) in [7, 11) is 0. The number of para-hydroxylation sites is 1. The Hall–Kier alpha value is -2.08. The van der Waals surface area contributed by atoms with Crippen LogP contribution in [0.25, 0.3) is 10.9 Å². The van der Waals surface area contributed by atoms with Crippen molar-refractivity contribution in [2.45, 2.75) is 12.8 Å². The van der Waals surface area contributed by atoms with Crippen molar-refractivity contribution in [3.05, 3.63) is 36.0 Å². The maximum absolute atomic E-state index is 9.09. The summed E-state index contributed by atoms with van der Waals surface area (Å²) in [6.07, 6.45) is 4.07. The highest BCUT2D eigenvalue weighted by Crippen LogP contribution is 2.33. The van der Waals surface area contributed by atoms with Gasteiger partial charge < -0.3 is 4.74 Å². The molecule has 0 radical (unpaired) electrons. The van der Waals surface area contributed by atoms with Gasteiger partial charge in [0.25, 0.3) is 0 Å². The molecule has 2 aromatic rings. The lowest BCUT2D eigenvalue weighted by Crippen LogP contribution is -2.02. The van der Waals surface area contributed by atoms with Crippen LogP contribution < -0.4 is 4.74 Å². The Bertz CT molecular complexity index is 597. The first-order valence-electron chi connectivity index (χ1n) is 5.79. The number of nitrogens with zero attached hydrogens (tertiary/aromatic N) is 2. The standard InChI is InChI=1S/C14H12N2O/c15-7-11-8-16-13-4-2-1-3-12(13)14(11)17-9-10-5-6-10/h1-4,8,10H,5-6,9H2. The average molecular weight is 224 g/mol. The van der Waals surface area contributed by atoms with Gasteiger partial charge in [-0.3, -0.25) is 4.98 Å². The number of ether oxygens (including phenoxy) is 1. The van der Waals surface area contributed by atoms with Crippen LogP contribution in [0.15, 0.2) is 30.5 Å². The predicted octanol–water partition coefficient (Wildman–Crippen LogP) is 2.90. The van der Waals surface area contributed by atoms with E-state index >= 15 is 0 Å². The third-order valence-corrected chi connectivity index (χ3v) is 3.01. The molecule has 0 bridgehead atoms. The van der Waals surface area contributed by atoms with Gasteiger partial charge in [0.1, 0.15) is 17.4 Å². The van der Waals surface area contributed by atoms with E-state index in [1.807, 2.05) is 24.3 Å². The second-order valence-electron chi connectivity index (χ2n) is 4.38. The molecule has 0 unspecified atom stereocenters. The minimum Gasteiger partial charge on any atom is -0.491 e. The molecule has 84 valence electrons. The molecule has 1 fully saturated rings. The fourth-order valence-corrected chi connectivity index (χ4v) is 1.84. The minimum absolute atomic E-state index is 0.518. The molecule has 1 aromatic heterocycles. The maximum Gasteiger partial charge on any atom is 0.148 e. The number of hydrogen-bond acceptors (Lipinski definition) is 3. The van der Waals surface area contributed by atoms with Gasteiger partial charge in [0.2, 0.25) is 0 Å². The van der Waals surface area contributed by atoms with Crippen LogP contribution in [0.4, 0.5) is 0 Å². The Morgan fingerprint density at radius 3 is 2.94 bits per heavy atom. The summed E-state index contributed by atoms with van der Waals surface area (Å²) in [6.45, 7) is 0.711. The molecule has 1 heterocycles. The van der Waals surface area contributed by atoms with Crippen molar-refractivity contribution in [1.29, 1.82) is 5.26 Å². The molecule has 3 nitrogen and oxygen atoms in total. The van der Waals surface area contributed by atoms with Crippen molar-refractivity contribution in [2.75, 3.05) is 6.61 Å². The monoisotopic (exact) mass is 224 g/mol. The SMILES string of the molecule is N#Cc1cnc2ccccc2c1OCC1CC1. The molecule has 0 aliphatic heterocycles. The topological polar surface area (TPSA) is 45.9 Å². The number of nitriles is 1. The Morgan fingerprint density at radius 1 is 1.35 bits per heavy atom. The van der Waals surface area contributed by atoms with Crippen LogP contribution in [0.2, 0.25) is 0 Å². The molecule has 1 aliphatic carbocycles. The summed E-state index contributed by atoms with van der Waals surface area (Å²) in [5.41, 5.74) is 1.39. The second kappa shape index (κ2) is 4.06. The third kappa shape index (κ3) is 1.94. The van der Waals surface area contributed by atoms with E-state index in [4.69, 9.17) is 10.00 Å². The second-order valence-corrected chi connectivity index (χ2v) is 4.38. The van der Waals surface area contributed by atoms with E-state index in [0.717, 1.165) is 10.9 Å². The maximum atomic E-state index is 9.09. The molecular weight excluding hydrogens is 212 g/mol. The molecule has 1 aliphatic rings. The normalized spacial score (nSPS) is 14.5. The van der Waals surface area contributed by atoms with Gasteiger partial charge in [-0.05, 0) is 30.9 Å². The van der Waals surface area contributed by atoms with Gasteiger partial charge in [0, 0.05) is 11.6 Å². The Labute approximate surface area is 99.7 Å². The van der Waals surface area contributed by atoms with Crippen LogP contribution in [0.5, 0.6) is 5.75 Å². The number of benzene rings is 1. The molecule has 0 saturated heterocycles. The molecule has 1 saturated carbocycles. The lowest BCUT2D eigenvalue weighted by molar-refractivity contribution is 0.302. The Kier molecular flexibility index (Phi) is 2.41. The summed E-state index contributed by atoms with van der Waals surface area (Å²) < 4.78 is 5.80. The summed E-state index contributed by atoms with van der Waals surface area (Å²) >= 11 is 0. The van der Waals surface area contributed by atoms with E-state index in [9.17, 15) is 0 Å². The van der Waals surface area contributed by atoms with Crippen molar-refractivity contribution in [2.24, 2.45) is 5.92 Å². The van der Waals surface area contributed by atoms with Crippen molar-refractivity contribution in [3.63, 3.8) is 0 Å². The lowest BCUT2D eigenvalue weighted by Gasteiger charge is -2.09. The van der Waals surface area contributed by atoms with Crippen molar-refractivity contribution in [3.8, 4) is 11.8 Å². The molecular formula is C14H12N2O. The predicted molar refractivity (Wildman–Crippen MR) is 64.7 cm³/mol. The van der Waals surface area contributed by atoms with E-state index in [-0.39, 0.29) is 0 Å². The Balaban J connectivity index is 2.06. The van der Waals surface area contributed by atoms with Crippen molar-refractivity contribution < 1.29 is 4.74 Å². The van der Waals surface area contributed by atoms with E-state index in [0.29, 0.717) is 23.8 Å².